The summed E-state index contributed by atoms with van der Waals surface area (Å²) in [5, 5.41) is 7.82. The van der Waals surface area contributed by atoms with Crippen molar-refractivity contribution in [2.24, 2.45) is 5.92 Å². The third kappa shape index (κ3) is 11.7. The summed E-state index contributed by atoms with van der Waals surface area (Å²) < 4.78 is 0. The molecule has 0 aromatic rings. The van der Waals surface area contributed by atoms with Crippen LogP contribution in [0, 0.1) is 5.92 Å². The van der Waals surface area contributed by atoms with Crippen molar-refractivity contribution in [1.29, 1.82) is 0 Å². The predicted molar refractivity (Wildman–Crippen MR) is 110 cm³/mol. The molecule has 0 bridgehead atoms. The Kier molecular flexibility index (Phi) is 13.8. The van der Waals surface area contributed by atoms with Gasteiger partial charge in [0.25, 0.3) is 5.91 Å². The Labute approximate surface area is 172 Å². The molecule has 0 spiro atoms. The van der Waals surface area contributed by atoms with Gasteiger partial charge in [0.1, 0.15) is 6.04 Å². The standard InChI is InChI=1S/C20H34N4O5/c1-5-10-18(28)24(14-25)12-9-7-8-11-16(26)23-19(15(3)4)20(29)22-13-17(27)21-6-2/h5,10,14-15,19H,6-9,11-13H2,1-4H3,(H,21,27)(H,22,29)(H,23,26)/b10-5-. The fraction of sp³-hybridized carbons (Fsp3) is 0.650. The van der Waals surface area contributed by atoms with Crippen molar-refractivity contribution in [2.75, 3.05) is 19.6 Å². The van der Waals surface area contributed by atoms with E-state index in [0.717, 1.165) is 4.90 Å². The van der Waals surface area contributed by atoms with Crippen LogP contribution in [0.3, 0.4) is 0 Å². The minimum atomic E-state index is -0.721. The summed E-state index contributed by atoms with van der Waals surface area (Å²) in [5.41, 5.74) is 0. The molecule has 0 saturated carbocycles. The van der Waals surface area contributed by atoms with Gasteiger partial charge in [-0.25, -0.2) is 0 Å². The van der Waals surface area contributed by atoms with Gasteiger partial charge in [0.15, 0.2) is 0 Å². The Morgan fingerprint density at radius 3 is 2.24 bits per heavy atom. The highest BCUT2D eigenvalue weighted by atomic mass is 16.2. The highest BCUT2D eigenvalue weighted by molar-refractivity contribution is 5.94. The van der Waals surface area contributed by atoms with E-state index >= 15 is 0 Å². The molecule has 9 nitrogen and oxygen atoms in total. The molecule has 164 valence electrons. The summed E-state index contributed by atoms with van der Waals surface area (Å²) in [6, 6.07) is -0.721. The Balaban J connectivity index is 4.30. The summed E-state index contributed by atoms with van der Waals surface area (Å²) in [7, 11) is 0. The van der Waals surface area contributed by atoms with Crippen LogP contribution in [0.15, 0.2) is 12.2 Å². The van der Waals surface area contributed by atoms with Gasteiger partial charge in [-0.2, -0.15) is 0 Å². The molecule has 9 heteroatoms. The van der Waals surface area contributed by atoms with Crippen LogP contribution in [0.5, 0.6) is 0 Å². The van der Waals surface area contributed by atoms with Gasteiger partial charge in [-0.15, -0.1) is 0 Å². The van der Waals surface area contributed by atoms with Gasteiger partial charge in [-0.05, 0) is 38.7 Å². The van der Waals surface area contributed by atoms with Crippen LogP contribution < -0.4 is 16.0 Å². The number of imide groups is 1. The average Bonchev–Trinajstić information content (AvgIpc) is 2.67. The predicted octanol–water partition coefficient (Wildman–Crippen LogP) is 0.501. The quantitative estimate of drug-likeness (QED) is 0.218. The fourth-order valence-electron chi connectivity index (χ4n) is 2.52. The third-order valence-electron chi connectivity index (χ3n) is 4.09. The number of unbranched alkanes of at least 4 members (excludes halogenated alkanes) is 2. The molecule has 0 radical (unpaired) electrons. The number of allylic oxidation sites excluding steroid dienone is 1. The number of carbonyl (C=O) groups excluding carboxylic acids is 5. The van der Waals surface area contributed by atoms with Gasteiger partial charge in [-0.3, -0.25) is 28.9 Å². The molecule has 0 rings (SSSR count). The number of nitrogens with one attached hydrogen (secondary N) is 3. The maximum Gasteiger partial charge on any atom is 0.252 e. The van der Waals surface area contributed by atoms with E-state index in [4.69, 9.17) is 0 Å². The number of rotatable bonds is 14. The molecule has 0 heterocycles. The summed E-state index contributed by atoms with van der Waals surface area (Å²) >= 11 is 0. The van der Waals surface area contributed by atoms with Crippen molar-refractivity contribution in [3.63, 3.8) is 0 Å². The van der Waals surface area contributed by atoms with Crippen LogP contribution in [-0.2, 0) is 24.0 Å². The van der Waals surface area contributed by atoms with Crippen molar-refractivity contribution >= 4 is 30.0 Å². The Hall–Kier alpha value is -2.71. The first-order chi connectivity index (χ1) is 13.8. The van der Waals surface area contributed by atoms with Gasteiger partial charge >= 0.3 is 0 Å². The molecule has 0 saturated heterocycles. The van der Waals surface area contributed by atoms with Gasteiger partial charge < -0.3 is 16.0 Å². The lowest BCUT2D eigenvalue weighted by atomic mass is 10.0. The highest BCUT2D eigenvalue weighted by Crippen LogP contribution is 2.05. The van der Waals surface area contributed by atoms with Crippen LogP contribution in [0.1, 0.15) is 53.4 Å². The monoisotopic (exact) mass is 410 g/mol. The fourth-order valence-corrected chi connectivity index (χ4v) is 2.52. The normalized spacial score (nSPS) is 11.8. The summed E-state index contributed by atoms with van der Waals surface area (Å²) in [5.74, 6) is -1.43. The topological polar surface area (TPSA) is 125 Å². The van der Waals surface area contributed by atoms with Crippen LogP contribution in [0.25, 0.3) is 0 Å². The second-order valence-electron chi connectivity index (χ2n) is 6.91. The highest BCUT2D eigenvalue weighted by Gasteiger charge is 2.24. The minimum absolute atomic E-state index is 0.132. The second kappa shape index (κ2) is 15.2. The molecule has 29 heavy (non-hydrogen) atoms. The van der Waals surface area contributed by atoms with Crippen molar-refractivity contribution in [3.8, 4) is 0 Å². The van der Waals surface area contributed by atoms with Gasteiger partial charge in [0.2, 0.25) is 24.1 Å². The van der Waals surface area contributed by atoms with Gasteiger partial charge in [-0.1, -0.05) is 26.3 Å². The van der Waals surface area contributed by atoms with Crippen LogP contribution in [-0.4, -0.2) is 60.6 Å². The SMILES string of the molecule is C/C=C\C(=O)N(C=O)CCCCCC(=O)NC(C(=O)NCC(=O)NCC)C(C)C. The van der Waals surface area contributed by atoms with Crippen molar-refractivity contribution in [1.82, 2.24) is 20.9 Å². The molecular weight excluding hydrogens is 376 g/mol. The zero-order valence-electron chi connectivity index (χ0n) is 17.8. The summed E-state index contributed by atoms with van der Waals surface area (Å²) in [4.78, 5) is 59.5. The number of nitrogens with zero attached hydrogens (tertiary/aromatic N) is 1. The van der Waals surface area contributed by atoms with Gasteiger partial charge in [0.05, 0.1) is 6.54 Å². The van der Waals surface area contributed by atoms with E-state index in [2.05, 4.69) is 16.0 Å². The first-order valence-corrected chi connectivity index (χ1v) is 9.99. The van der Waals surface area contributed by atoms with E-state index in [-0.39, 0.29) is 36.6 Å². The summed E-state index contributed by atoms with van der Waals surface area (Å²) in [6.45, 7) is 7.75. The van der Waals surface area contributed by atoms with Crippen LogP contribution in [0.4, 0.5) is 0 Å². The molecule has 0 aliphatic rings. The Morgan fingerprint density at radius 1 is 1.00 bits per heavy atom. The molecule has 1 unspecified atom stereocenters. The molecule has 0 aromatic heterocycles. The average molecular weight is 411 g/mol. The first-order valence-electron chi connectivity index (χ1n) is 9.99. The van der Waals surface area contributed by atoms with E-state index in [1.807, 2.05) is 13.8 Å². The van der Waals surface area contributed by atoms with E-state index < -0.39 is 11.9 Å². The van der Waals surface area contributed by atoms with Crippen molar-refractivity contribution in [2.45, 2.75) is 59.4 Å². The van der Waals surface area contributed by atoms with E-state index in [1.54, 1.807) is 19.9 Å². The Bertz CT molecular complexity index is 589. The van der Waals surface area contributed by atoms with E-state index in [9.17, 15) is 24.0 Å². The zero-order chi connectivity index (χ0) is 22.2. The Morgan fingerprint density at radius 2 is 1.69 bits per heavy atom. The van der Waals surface area contributed by atoms with Gasteiger partial charge in [0, 0.05) is 19.5 Å². The molecule has 0 fully saturated rings. The lowest BCUT2D eigenvalue weighted by molar-refractivity contribution is -0.134. The molecule has 0 aliphatic heterocycles. The molecule has 3 N–H and O–H groups in total. The van der Waals surface area contributed by atoms with E-state index in [0.29, 0.717) is 38.8 Å². The molecule has 0 aromatic carbocycles. The maximum absolute atomic E-state index is 12.2. The number of hydrogen-bond acceptors (Lipinski definition) is 5. The number of hydrogen-bond donors (Lipinski definition) is 3. The molecule has 0 aliphatic carbocycles. The van der Waals surface area contributed by atoms with E-state index in [1.165, 1.54) is 6.08 Å². The minimum Gasteiger partial charge on any atom is -0.355 e. The lowest BCUT2D eigenvalue weighted by Gasteiger charge is -2.21. The smallest absolute Gasteiger partial charge is 0.252 e. The molecule has 5 amide bonds. The first kappa shape index (κ1) is 26.3. The number of likely N-dealkylation sites (N-methyl/N-ethyl adjacent to an activating group) is 1. The van der Waals surface area contributed by atoms with Crippen molar-refractivity contribution < 1.29 is 24.0 Å². The molecule has 1 atom stereocenters. The van der Waals surface area contributed by atoms with Crippen molar-refractivity contribution in [3.05, 3.63) is 12.2 Å². The number of amides is 5. The van der Waals surface area contributed by atoms with Crippen LogP contribution >= 0.6 is 0 Å². The second-order valence-corrected chi connectivity index (χ2v) is 6.91. The lowest BCUT2D eigenvalue weighted by Crippen LogP contribution is -2.51. The summed E-state index contributed by atoms with van der Waals surface area (Å²) in [6.07, 6.45) is 5.46. The molecular formula is C20H34N4O5. The zero-order valence-corrected chi connectivity index (χ0v) is 17.8. The largest absolute Gasteiger partial charge is 0.355 e. The van der Waals surface area contributed by atoms with Crippen LogP contribution in [0.2, 0.25) is 0 Å². The third-order valence-corrected chi connectivity index (χ3v) is 4.09. The number of carbonyl (C=O) groups is 5. The maximum atomic E-state index is 12.2.